The molecule has 0 unspecified atom stereocenters. The molecule has 0 saturated heterocycles. The molecule has 0 atom stereocenters. The smallest absolute Gasteiger partial charge is 0.261 e. The second kappa shape index (κ2) is 10.2. The number of aromatic amines is 1. The Morgan fingerprint density at radius 3 is 2.91 bits per heavy atom. The maximum Gasteiger partial charge on any atom is 0.261 e. The van der Waals surface area contributed by atoms with Crippen LogP contribution in [0, 0.1) is 26.7 Å². The molecule has 0 bridgehead atoms. The average molecular weight is 472 g/mol. The predicted octanol–water partition coefficient (Wildman–Crippen LogP) is 4.75. The van der Waals surface area contributed by atoms with Crippen LogP contribution in [0.2, 0.25) is 0 Å². The van der Waals surface area contributed by atoms with Gasteiger partial charge in [0.25, 0.3) is 11.5 Å². The van der Waals surface area contributed by atoms with Gasteiger partial charge in [0.05, 0.1) is 16.0 Å². The number of nitrogens with one attached hydrogen (secondary N) is 2. The molecule has 1 fully saturated rings. The van der Waals surface area contributed by atoms with Gasteiger partial charge in [0.1, 0.15) is 10.7 Å². The lowest BCUT2D eigenvalue weighted by Crippen LogP contribution is -2.25. The Morgan fingerprint density at radius 1 is 1.31 bits per heavy atom. The van der Waals surface area contributed by atoms with Crippen molar-refractivity contribution in [3.63, 3.8) is 0 Å². The number of H-pyrrole nitrogens is 1. The minimum Gasteiger partial charge on any atom is -0.381 e. The zero-order valence-electron chi connectivity index (χ0n) is 18.7. The third-order valence-corrected chi connectivity index (χ3v) is 7.92. The lowest BCUT2D eigenvalue weighted by atomic mass is 10.2. The van der Waals surface area contributed by atoms with E-state index in [1.807, 2.05) is 6.92 Å². The second-order valence-corrected chi connectivity index (χ2v) is 10.5. The average Bonchev–Trinajstić information content (AvgIpc) is 3.52. The fourth-order valence-electron chi connectivity index (χ4n) is 3.47. The van der Waals surface area contributed by atoms with E-state index in [4.69, 9.17) is 4.74 Å². The number of carbonyl (C=O) groups excluding carboxylic acids is 1. The molecule has 1 aromatic carbocycles. The molecule has 0 radical (unpaired) electrons. The quantitative estimate of drug-likeness (QED) is 0.329. The highest BCUT2D eigenvalue weighted by Gasteiger charge is 2.21. The molecule has 6 nitrogen and oxygen atoms in total. The van der Waals surface area contributed by atoms with Crippen LogP contribution in [-0.4, -0.2) is 35.6 Å². The third kappa shape index (κ3) is 5.60. The normalized spacial score (nSPS) is 13.6. The molecular weight excluding hydrogens is 442 g/mol. The first-order valence-electron chi connectivity index (χ1n) is 11.0. The van der Waals surface area contributed by atoms with Gasteiger partial charge in [-0.25, -0.2) is 4.98 Å². The van der Waals surface area contributed by atoms with Gasteiger partial charge in [-0.3, -0.25) is 9.59 Å². The summed E-state index contributed by atoms with van der Waals surface area (Å²) in [5, 5.41) is 3.45. The van der Waals surface area contributed by atoms with Gasteiger partial charge >= 0.3 is 0 Å². The summed E-state index contributed by atoms with van der Waals surface area (Å²) < 4.78 is 5.61. The van der Waals surface area contributed by atoms with Crippen molar-refractivity contribution in [2.24, 2.45) is 5.92 Å². The number of thiophene rings is 1. The van der Waals surface area contributed by atoms with E-state index < -0.39 is 0 Å². The van der Waals surface area contributed by atoms with Gasteiger partial charge < -0.3 is 15.0 Å². The first-order chi connectivity index (χ1) is 15.4. The summed E-state index contributed by atoms with van der Waals surface area (Å²) in [7, 11) is 0. The highest BCUT2D eigenvalue weighted by atomic mass is 32.2. The molecule has 1 aliphatic rings. The van der Waals surface area contributed by atoms with Crippen molar-refractivity contribution < 1.29 is 9.53 Å². The fraction of sp³-hybridized carbons (Fsp3) is 0.458. The Morgan fingerprint density at radius 2 is 2.12 bits per heavy atom. The van der Waals surface area contributed by atoms with Gasteiger partial charge in [-0.2, -0.15) is 0 Å². The number of hydrogen-bond donors (Lipinski definition) is 2. The van der Waals surface area contributed by atoms with Gasteiger partial charge in [0.15, 0.2) is 0 Å². The predicted molar refractivity (Wildman–Crippen MR) is 131 cm³/mol. The number of aryl methyl sites for hydroxylation is 3. The minimum absolute atomic E-state index is 0.154. The van der Waals surface area contributed by atoms with Crippen molar-refractivity contribution in [1.82, 2.24) is 15.3 Å². The summed E-state index contributed by atoms with van der Waals surface area (Å²) in [6.45, 7) is 8.01. The number of aromatic nitrogens is 2. The molecule has 170 valence electrons. The number of hydrogen-bond acceptors (Lipinski definition) is 6. The standard InChI is InChI=1S/C24H29N3O3S2/c1-14-5-6-15(2)18(11-14)31-13-19-26-22(28)20-16(3)21(32-24(20)27-19)23(29)25-9-4-10-30-12-17-7-8-17/h5-6,11,17H,4,7-10,12-13H2,1-3H3,(H,25,29)(H,26,27,28). The van der Waals surface area contributed by atoms with Gasteiger partial charge in [-0.1, -0.05) is 17.7 Å². The van der Waals surface area contributed by atoms with E-state index in [1.165, 1.54) is 40.2 Å². The topological polar surface area (TPSA) is 84.1 Å². The number of amides is 1. The Balaban J connectivity index is 1.40. The SMILES string of the molecule is Cc1ccc(C)c(SCc2nc3sc(C(=O)NCCCOCC4CC4)c(C)c3c(=O)[nH]2)c1. The molecule has 2 heterocycles. The Labute approximate surface area is 196 Å². The van der Waals surface area contributed by atoms with Crippen LogP contribution >= 0.6 is 23.1 Å². The van der Waals surface area contributed by atoms with Crippen LogP contribution in [0.15, 0.2) is 27.9 Å². The zero-order valence-corrected chi connectivity index (χ0v) is 20.4. The first-order valence-corrected chi connectivity index (χ1v) is 12.8. The van der Waals surface area contributed by atoms with E-state index in [0.717, 1.165) is 18.9 Å². The van der Waals surface area contributed by atoms with E-state index in [2.05, 4.69) is 47.3 Å². The fourth-order valence-corrected chi connectivity index (χ4v) is 5.58. The molecule has 3 aromatic rings. The third-order valence-electron chi connectivity index (χ3n) is 5.57. The molecule has 1 amide bonds. The lowest BCUT2D eigenvalue weighted by molar-refractivity contribution is 0.0941. The van der Waals surface area contributed by atoms with Crippen molar-refractivity contribution in [2.45, 2.75) is 50.7 Å². The van der Waals surface area contributed by atoms with Crippen molar-refractivity contribution >= 4 is 39.2 Å². The Hall–Kier alpha value is -2.16. The van der Waals surface area contributed by atoms with Crippen molar-refractivity contribution in [1.29, 1.82) is 0 Å². The van der Waals surface area contributed by atoms with Gasteiger partial charge in [-0.15, -0.1) is 23.1 Å². The number of fused-ring (bicyclic) bond motifs is 1. The van der Waals surface area contributed by atoms with Crippen LogP contribution in [0.25, 0.3) is 10.2 Å². The van der Waals surface area contributed by atoms with Crippen LogP contribution < -0.4 is 10.9 Å². The van der Waals surface area contributed by atoms with Crippen molar-refractivity contribution in [2.75, 3.05) is 19.8 Å². The molecule has 4 rings (SSSR count). The number of carbonyl (C=O) groups is 1. The Kier molecular flexibility index (Phi) is 7.33. The zero-order chi connectivity index (χ0) is 22.7. The summed E-state index contributed by atoms with van der Waals surface area (Å²) >= 11 is 2.94. The molecule has 0 spiro atoms. The summed E-state index contributed by atoms with van der Waals surface area (Å²) in [6.07, 6.45) is 3.34. The van der Waals surface area contributed by atoms with E-state index in [0.29, 0.717) is 45.4 Å². The van der Waals surface area contributed by atoms with E-state index in [9.17, 15) is 9.59 Å². The highest BCUT2D eigenvalue weighted by Crippen LogP contribution is 2.30. The molecule has 2 N–H and O–H groups in total. The van der Waals surface area contributed by atoms with Gasteiger partial charge in [-0.05, 0) is 63.1 Å². The Bertz CT molecular complexity index is 1180. The highest BCUT2D eigenvalue weighted by molar-refractivity contribution is 7.98. The number of rotatable bonds is 10. The monoisotopic (exact) mass is 471 g/mol. The largest absolute Gasteiger partial charge is 0.381 e. The van der Waals surface area contributed by atoms with Gasteiger partial charge in [0, 0.05) is 24.7 Å². The molecule has 32 heavy (non-hydrogen) atoms. The molecule has 1 aliphatic carbocycles. The van der Waals surface area contributed by atoms with Gasteiger partial charge in [0.2, 0.25) is 0 Å². The maximum atomic E-state index is 12.7. The number of thioether (sulfide) groups is 1. The van der Waals surface area contributed by atoms with Crippen LogP contribution in [0.5, 0.6) is 0 Å². The first kappa shape index (κ1) is 23.0. The molecule has 2 aromatic heterocycles. The summed E-state index contributed by atoms with van der Waals surface area (Å²) in [6, 6.07) is 6.34. The summed E-state index contributed by atoms with van der Waals surface area (Å²) in [5.41, 5.74) is 2.91. The number of nitrogens with zero attached hydrogens (tertiary/aromatic N) is 1. The maximum absolute atomic E-state index is 12.7. The lowest BCUT2D eigenvalue weighted by Gasteiger charge is -2.06. The summed E-state index contributed by atoms with van der Waals surface area (Å²) in [4.78, 5) is 35.3. The molecule has 1 saturated carbocycles. The summed E-state index contributed by atoms with van der Waals surface area (Å²) in [5.74, 6) is 1.78. The van der Waals surface area contributed by atoms with Crippen molar-refractivity contribution in [3.05, 3.63) is 55.9 Å². The van der Waals surface area contributed by atoms with E-state index >= 15 is 0 Å². The molecule has 0 aliphatic heterocycles. The minimum atomic E-state index is -0.187. The van der Waals surface area contributed by atoms with Crippen LogP contribution in [0.4, 0.5) is 0 Å². The van der Waals surface area contributed by atoms with E-state index in [1.54, 1.807) is 11.8 Å². The molecular formula is C24H29N3O3S2. The van der Waals surface area contributed by atoms with Crippen LogP contribution in [0.1, 0.15) is 51.4 Å². The van der Waals surface area contributed by atoms with E-state index in [-0.39, 0.29) is 11.5 Å². The van der Waals surface area contributed by atoms with Crippen LogP contribution in [0.3, 0.4) is 0 Å². The number of benzene rings is 1. The van der Waals surface area contributed by atoms with Crippen LogP contribution in [-0.2, 0) is 10.5 Å². The van der Waals surface area contributed by atoms with Crippen molar-refractivity contribution in [3.8, 4) is 0 Å². The molecule has 8 heteroatoms. The number of ether oxygens (including phenoxy) is 1. The second-order valence-electron chi connectivity index (χ2n) is 8.43.